The molecule has 1 aliphatic carbocycles. The van der Waals surface area contributed by atoms with Gasteiger partial charge in [0.1, 0.15) is 5.82 Å². The van der Waals surface area contributed by atoms with Crippen molar-refractivity contribution >= 4 is 11.7 Å². The molecule has 1 atom stereocenters. The number of hydrogen-bond donors (Lipinski definition) is 3. The zero-order valence-electron chi connectivity index (χ0n) is 11.1. The van der Waals surface area contributed by atoms with Crippen molar-refractivity contribution in [2.24, 2.45) is 5.92 Å². The Hall–Kier alpha value is -1.69. The van der Waals surface area contributed by atoms with E-state index in [4.69, 9.17) is 5.11 Å². The first-order valence-electron chi connectivity index (χ1n) is 6.51. The summed E-state index contributed by atoms with van der Waals surface area (Å²) in [6, 6.07) is 0. The molecule has 2 rings (SSSR count). The number of carboxylic acids is 1. The van der Waals surface area contributed by atoms with Crippen LogP contribution in [0.15, 0.2) is 6.20 Å². The van der Waals surface area contributed by atoms with Crippen LogP contribution in [0.3, 0.4) is 0 Å². The number of rotatable bonds is 6. The molecule has 0 spiro atoms. The third-order valence-corrected chi connectivity index (χ3v) is 3.19. The minimum Gasteiger partial charge on any atom is -0.476 e. The van der Waals surface area contributed by atoms with E-state index in [0.29, 0.717) is 24.0 Å². The Kier molecular flexibility index (Phi) is 3.99. The second-order valence-corrected chi connectivity index (χ2v) is 5.24. The summed E-state index contributed by atoms with van der Waals surface area (Å²) < 4.78 is 0. The minimum absolute atomic E-state index is 0.0401. The summed E-state index contributed by atoms with van der Waals surface area (Å²) in [5.74, 6) is -0.167. The number of hydrogen-bond acceptors (Lipinski definition) is 5. The average Bonchev–Trinajstić information content (AvgIpc) is 3.19. The molecule has 6 heteroatoms. The Morgan fingerprint density at radius 1 is 1.53 bits per heavy atom. The fourth-order valence-electron chi connectivity index (χ4n) is 1.83. The summed E-state index contributed by atoms with van der Waals surface area (Å²) in [4.78, 5) is 19.4. The Morgan fingerprint density at radius 2 is 2.21 bits per heavy atom. The van der Waals surface area contributed by atoms with Gasteiger partial charge in [-0.1, -0.05) is 13.8 Å². The van der Waals surface area contributed by atoms with Crippen LogP contribution in [0.25, 0.3) is 0 Å². The largest absolute Gasteiger partial charge is 0.476 e. The smallest absolute Gasteiger partial charge is 0.356 e. The number of nitrogens with one attached hydrogen (secondary N) is 1. The van der Waals surface area contributed by atoms with Crippen molar-refractivity contribution in [1.29, 1.82) is 0 Å². The number of carbonyl (C=O) groups is 1. The molecule has 1 fully saturated rings. The highest BCUT2D eigenvalue weighted by atomic mass is 16.4. The van der Waals surface area contributed by atoms with Crippen LogP contribution in [-0.2, 0) is 0 Å². The zero-order chi connectivity index (χ0) is 14.0. The maximum Gasteiger partial charge on any atom is 0.356 e. The molecule has 1 aromatic rings. The molecule has 0 saturated heterocycles. The van der Waals surface area contributed by atoms with Crippen molar-refractivity contribution in [2.75, 3.05) is 11.9 Å². The SMILES string of the molecule is CC(C)c1ncc(NCC(O)C2CC2)c(C(=O)O)n1. The number of aliphatic hydroxyl groups excluding tert-OH is 1. The van der Waals surface area contributed by atoms with Crippen molar-refractivity contribution < 1.29 is 15.0 Å². The van der Waals surface area contributed by atoms with Crippen LogP contribution < -0.4 is 5.32 Å². The first-order chi connectivity index (χ1) is 8.99. The lowest BCUT2D eigenvalue weighted by atomic mass is 10.2. The average molecular weight is 265 g/mol. The molecule has 0 bridgehead atoms. The Labute approximate surface area is 111 Å². The number of aromatic nitrogens is 2. The van der Waals surface area contributed by atoms with Crippen molar-refractivity contribution in [3.05, 3.63) is 17.7 Å². The van der Waals surface area contributed by atoms with E-state index in [2.05, 4.69) is 15.3 Å². The van der Waals surface area contributed by atoms with E-state index in [9.17, 15) is 9.90 Å². The molecular formula is C13H19N3O3. The molecule has 0 aromatic carbocycles. The summed E-state index contributed by atoms with van der Waals surface area (Å²) in [5, 5.41) is 21.9. The monoisotopic (exact) mass is 265 g/mol. The topological polar surface area (TPSA) is 95.3 Å². The van der Waals surface area contributed by atoms with Gasteiger partial charge in [-0.15, -0.1) is 0 Å². The van der Waals surface area contributed by atoms with Crippen molar-refractivity contribution in [3.63, 3.8) is 0 Å². The van der Waals surface area contributed by atoms with Crippen LogP contribution in [0.2, 0.25) is 0 Å². The summed E-state index contributed by atoms with van der Waals surface area (Å²) in [5.41, 5.74) is 0.318. The van der Waals surface area contributed by atoms with Crippen LogP contribution in [0.1, 0.15) is 48.9 Å². The normalized spacial score (nSPS) is 16.4. The van der Waals surface area contributed by atoms with Crippen LogP contribution in [-0.4, -0.2) is 38.8 Å². The summed E-state index contributed by atoms with van der Waals surface area (Å²) in [7, 11) is 0. The van der Waals surface area contributed by atoms with Crippen molar-refractivity contribution in [3.8, 4) is 0 Å². The van der Waals surface area contributed by atoms with Crippen LogP contribution in [0.5, 0.6) is 0 Å². The number of carboxylic acid groups (broad SMARTS) is 1. The Balaban J connectivity index is 2.11. The van der Waals surface area contributed by atoms with Gasteiger partial charge in [0.2, 0.25) is 0 Å². The third-order valence-electron chi connectivity index (χ3n) is 3.19. The van der Waals surface area contributed by atoms with Gasteiger partial charge in [0.15, 0.2) is 5.69 Å². The molecule has 1 saturated carbocycles. The molecule has 0 aliphatic heterocycles. The number of aliphatic hydroxyl groups is 1. The van der Waals surface area contributed by atoms with Gasteiger partial charge in [0, 0.05) is 12.5 Å². The predicted octanol–water partition coefficient (Wildman–Crippen LogP) is 1.48. The summed E-state index contributed by atoms with van der Waals surface area (Å²) >= 11 is 0. The van der Waals surface area contributed by atoms with Gasteiger partial charge in [-0.3, -0.25) is 0 Å². The Morgan fingerprint density at radius 3 is 2.74 bits per heavy atom. The first kappa shape index (κ1) is 13.7. The van der Waals surface area contributed by atoms with Crippen LogP contribution in [0.4, 0.5) is 5.69 Å². The van der Waals surface area contributed by atoms with Gasteiger partial charge in [-0.05, 0) is 18.8 Å². The van der Waals surface area contributed by atoms with Gasteiger partial charge < -0.3 is 15.5 Å². The molecule has 6 nitrogen and oxygen atoms in total. The molecule has 19 heavy (non-hydrogen) atoms. The fourth-order valence-corrected chi connectivity index (χ4v) is 1.83. The highest BCUT2D eigenvalue weighted by Crippen LogP contribution is 2.32. The van der Waals surface area contributed by atoms with Gasteiger partial charge in [0.25, 0.3) is 0 Å². The lowest BCUT2D eigenvalue weighted by Crippen LogP contribution is -2.23. The second kappa shape index (κ2) is 5.52. The summed E-state index contributed by atoms with van der Waals surface area (Å²) in [6.07, 6.45) is 3.12. The second-order valence-electron chi connectivity index (χ2n) is 5.24. The molecule has 0 radical (unpaired) electrons. The quantitative estimate of drug-likeness (QED) is 0.721. The van der Waals surface area contributed by atoms with Gasteiger partial charge >= 0.3 is 5.97 Å². The lowest BCUT2D eigenvalue weighted by molar-refractivity contribution is 0.0690. The van der Waals surface area contributed by atoms with Crippen molar-refractivity contribution in [1.82, 2.24) is 9.97 Å². The van der Waals surface area contributed by atoms with E-state index in [1.54, 1.807) is 0 Å². The van der Waals surface area contributed by atoms with E-state index in [1.807, 2.05) is 13.8 Å². The number of aromatic carboxylic acids is 1. The van der Waals surface area contributed by atoms with Gasteiger partial charge in [0.05, 0.1) is 18.0 Å². The molecule has 3 N–H and O–H groups in total. The van der Waals surface area contributed by atoms with E-state index < -0.39 is 12.1 Å². The molecule has 1 aliphatic rings. The zero-order valence-corrected chi connectivity index (χ0v) is 11.1. The number of nitrogens with zero attached hydrogens (tertiary/aromatic N) is 2. The molecule has 0 amide bonds. The molecule has 1 aromatic heterocycles. The summed E-state index contributed by atoms with van der Waals surface area (Å²) in [6.45, 7) is 4.14. The molecule has 1 heterocycles. The highest BCUT2D eigenvalue weighted by Gasteiger charge is 2.29. The van der Waals surface area contributed by atoms with Crippen molar-refractivity contribution in [2.45, 2.75) is 38.7 Å². The van der Waals surface area contributed by atoms with Gasteiger partial charge in [-0.25, -0.2) is 14.8 Å². The van der Waals surface area contributed by atoms with E-state index >= 15 is 0 Å². The van der Waals surface area contributed by atoms with E-state index in [0.717, 1.165) is 12.8 Å². The maximum absolute atomic E-state index is 11.2. The molecular weight excluding hydrogens is 246 g/mol. The van der Waals surface area contributed by atoms with E-state index in [1.165, 1.54) is 6.20 Å². The fraction of sp³-hybridized carbons (Fsp3) is 0.615. The van der Waals surface area contributed by atoms with Gasteiger partial charge in [-0.2, -0.15) is 0 Å². The van der Waals surface area contributed by atoms with Crippen LogP contribution >= 0.6 is 0 Å². The van der Waals surface area contributed by atoms with E-state index in [-0.39, 0.29) is 11.6 Å². The lowest BCUT2D eigenvalue weighted by Gasteiger charge is -2.14. The predicted molar refractivity (Wildman–Crippen MR) is 70.3 cm³/mol. The minimum atomic E-state index is -1.09. The Bertz CT molecular complexity index is 472. The molecule has 104 valence electrons. The third kappa shape index (κ3) is 3.41. The number of anilines is 1. The standard InChI is InChI=1S/C13H19N3O3/c1-7(2)12-15-5-9(11(16-12)13(18)19)14-6-10(17)8-3-4-8/h5,7-8,10,14,17H,3-4,6H2,1-2H3,(H,18,19). The highest BCUT2D eigenvalue weighted by molar-refractivity contribution is 5.91. The first-order valence-corrected chi connectivity index (χ1v) is 6.51. The maximum atomic E-state index is 11.2. The molecule has 1 unspecified atom stereocenters. The van der Waals surface area contributed by atoms with Crippen LogP contribution in [0, 0.1) is 5.92 Å².